The molecular formula is C19H24N2O4. The van der Waals surface area contributed by atoms with Crippen LogP contribution in [-0.2, 0) is 6.61 Å². The van der Waals surface area contributed by atoms with Crippen LogP contribution in [0, 0.1) is 19.8 Å². The van der Waals surface area contributed by atoms with Crippen LogP contribution in [0.1, 0.15) is 46.6 Å². The minimum atomic E-state index is -0.291. The van der Waals surface area contributed by atoms with Gasteiger partial charge >= 0.3 is 0 Å². The SMILES string of the molecule is Cc1noc(C)c1COc1ccc(C(=O)NCC2CCCC2O)cc1. The zero-order chi connectivity index (χ0) is 17.8. The zero-order valence-corrected chi connectivity index (χ0v) is 14.6. The number of amides is 1. The lowest BCUT2D eigenvalue weighted by Gasteiger charge is -2.15. The normalized spacial score (nSPS) is 19.8. The summed E-state index contributed by atoms with van der Waals surface area (Å²) in [6, 6.07) is 7.03. The smallest absolute Gasteiger partial charge is 0.251 e. The quantitative estimate of drug-likeness (QED) is 0.842. The van der Waals surface area contributed by atoms with Crippen LogP contribution in [0.5, 0.6) is 5.75 Å². The number of hydrogen-bond donors (Lipinski definition) is 2. The van der Waals surface area contributed by atoms with Crippen molar-refractivity contribution in [2.75, 3.05) is 6.54 Å². The maximum Gasteiger partial charge on any atom is 0.251 e. The zero-order valence-electron chi connectivity index (χ0n) is 14.6. The van der Waals surface area contributed by atoms with Crippen molar-refractivity contribution in [3.8, 4) is 5.75 Å². The van der Waals surface area contributed by atoms with E-state index in [4.69, 9.17) is 9.26 Å². The molecule has 1 aliphatic rings. The van der Waals surface area contributed by atoms with Crippen molar-refractivity contribution in [2.24, 2.45) is 5.92 Å². The number of benzene rings is 1. The van der Waals surface area contributed by atoms with Crippen molar-refractivity contribution in [3.05, 3.63) is 46.8 Å². The van der Waals surface area contributed by atoms with Crippen molar-refractivity contribution in [3.63, 3.8) is 0 Å². The van der Waals surface area contributed by atoms with Gasteiger partial charge in [0.15, 0.2) is 0 Å². The molecule has 1 aliphatic carbocycles. The van der Waals surface area contributed by atoms with E-state index >= 15 is 0 Å². The first-order valence-corrected chi connectivity index (χ1v) is 8.65. The van der Waals surface area contributed by atoms with Crippen LogP contribution in [0.3, 0.4) is 0 Å². The molecule has 1 amide bonds. The average molecular weight is 344 g/mol. The molecule has 0 radical (unpaired) electrons. The lowest BCUT2D eigenvalue weighted by molar-refractivity contribution is 0.0916. The summed E-state index contributed by atoms with van der Waals surface area (Å²) < 4.78 is 10.8. The Kier molecular flexibility index (Phi) is 5.38. The maximum atomic E-state index is 12.2. The third-order valence-corrected chi connectivity index (χ3v) is 4.82. The maximum absolute atomic E-state index is 12.2. The molecule has 6 nitrogen and oxygen atoms in total. The predicted molar refractivity (Wildman–Crippen MR) is 92.4 cm³/mol. The molecular weight excluding hydrogens is 320 g/mol. The first kappa shape index (κ1) is 17.5. The molecule has 2 N–H and O–H groups in total. The first-order chi connectivity index (χ1) is 12.0. The van der Waals surface area contributed by atoms with Crippen molar-refractivity contribution in [1.29, 1.82) is 0 Å². The summed E-state index contributed by atoms with van der Waals surface area (Å²) in [6.45, 7) is 4.63. The summed E-state index contributed by atoms with van der Waals surface area (Å²) in [7, 11) is 0. The Morgan fingerprint density at radius 2 is 2.08 bits per heavy atom. The number of nitrogens with zero attached hydrogens (tertiary/aromatic N) is 1. The van der Waals surface area contributed by atoms with Crippen LogP contribution in [0.25, 0.3) is 0 Å². The molecule has 134 valence electrons. The lowest BCUT2D eigenvalue weighted by Crippen LogP contribution is -2.32. The first-order valence-electron chi connectivity index (χ1n) is 8.65. The number of aliphatic hydroxyl groups excluding tert-OH is 1. The minimum absolute atomic E-state index is 0.128. The number of rotatable bonds is 6. The summed E-state index contributed by atoms with van der Waals surface area (Å²) >= 11 is 0. The number of ether oxygens (including phenoxy) is 1. The number of hydrogen-bond acceptors (Lipinski definition) is 5. The number of carbonyl (C=O) groups excluding carboxylic acids is 1. The Morgan fingerprint density at radius 1 is 1.32 bits per heavy atom. The van der Waals surface area contributed by atoms with E-state index in [2.05, 4.69) is 10.5 Å². The highest BCUT2D eigenvalue weighted by Gasteiger charge is 2.25. The number of aliphatic hydroxyl groups is 1. The van der Waals surface area contributed by atoms with E-state index in [0.717, 1.165) is 36.3 Å². The van der Waals surface area contributed by atoms with Gasteiger partial charge in [0, 0.05) is 18.0 Å². The van der Waals surface area contributed by atoms with Crippen molar-refractivity contribution < 1.29 is 19.2 Å². The fourth-order valence-corrected chi connectivity index (χ4v) is 3.15. The van der Waals surface area contributed by atoms with Gasteiger partial charge < -0.3 is 19.7 Å². The van der Waals surface area contributed by atoms with Gasteiger partial charge in [-0.15, -0.1) is 0 Å². The van der Waals surface area contributed by atoms with Gasteiger partial charge in [0.05, 0.1) is 17.4 Å². The van der Waals surface area contributed by atoms with E-state index in [1.807, 2.05) is 13.8 Å². The van der Waals surface area contributed by atoms with Crippen molar-refractivity contribution in [2.45, 2.75) is 45.8 Å². The standard InChI is InChI=1S/C19H24N2O4/c1-12-17(13(2)25-21-12)11-24-16-8-6-14(7-9-16)19(23)20-10-15-4-3-5-18(15)22/h6-9,15,18,22H,3-5,10-11H2,1-2H3,(H,20,23). The Labute approximate surface area is 147 Å². The van der Waals surface area contributed by atoms with Gasteiger partial charge in [0.25, 0.3) is 5.91 Å². The molecule has 2 atom stereocenters. The fraction of sp³-hybridized carbons (Fsp3) is 0.474. The fourth-order valence-electron chi connectivity index (χ4n) is 3.15. The molecule has 2 unspecified atom stereocenters. The molecule has 1 fully saturated rings. The molecule has 1 aromatic carbocycles. The van der Waals surface area contributed by atoms with Crippen LogP contribution in [0.2, 0.25) is 0 Å². The van der Waals surface area contributed by atoms with E-state index in [-0.39, 0.29) is 17.9 Å². The Morgan fingerprint density at radius 3 is 2.68 bits per heavy atom. The van der Waals surface area contributed by atoms with Crippen LogP contribution in [0.4, 0.5) is 0 Å². The second-order valence-corrected chi connectivity index (χ2v) is 6.58. The molecule has 0 bridgehead atoms. The molecule has 1 saturated carbocycles. The summed E-state index contributed by atoms with van der Waals surface area (Å²) in [5.74, 6) is 1.48. The molecule has 25 heavy (non-hydrogen) atoms. The highest BCUT2D eigenvalue weighted by molar-refractivity contribution is 5.94. The second-order valence-electron chi connectivity index (χ2n) is 6.58. The van der Waals surface area contributed by atoms with E-state index in [9.17, 15) is 9.90 Å². The van der Waals surface area contributed by atoms with Crippen LogP contribution < -0.4 is 10.1 Å². The van der Waals surface area contributed by atoms with Crippen molar-refractivity contribution >= 4 is 5.91 Å². The number of carbonyl (C=O) groups is 1. The summed E-state index contributed by atoms with van der Waals surface area (Å²) in [4.78, 5) is 12.2. The van der Waals surface area contributed by atoms with E-state index in [1.54, 1.807) is 24.3 Å². The lowest BCUT2D eigenvalue weighted by atomic mass is 10.1. The third-order valence-electron chi connectivity index (χ3n) is 4.82. The molecule has 3 rings (SSSR count). The summed E-state index contributed by atoms with van der Waals surface area (Å²) in [6.07, 6.45) is 2.53. The minimum Gasteiger partial charge on any atom is -0.489 e. The van der Waals surface area contributed by atoms with Crippen LogP contribution in [0.15, 0.2) is 28.8 Å². The summed E-state index contributed by atoms with van der Waals surface area (Å²) in [5.41, 5.74) is 2.34. The van der Waals surface area contributed by atoms with Gasteiger partial charge in [-0.3, -0.25) is 4.79 Å². The largest absolute Gasteiger partial charge is 0.489 e. The number of nitrogens with one attached hydrogen (secondary N) is 1. The topological polar surface area (TPSA) is 84.6 Å². The molecule has 0 spiro atoms. The van der Waals surface area contributed by atoms with Crippen molar-refractivity contribution in [1.82, 2.24) is 10.5 Å². The molecule has 1 heterocycles. The highest BCUT2D eigenvalue weighted by Crippen LogP contribution is 2.24. The molecule has 0 aliphatic heterocycles. The molecule has 1 aromatic heterocycles. The second kappa shape index (κ2) is 7.70. The van der Waals surface area contributed by atoms with Crippen LogP contribution >= 0.6 is 0 Å². The van der Waals surface area contributed by atoms with Gasteiger partial charge in [-0.25, -0.2) is 0 Å². The van der Waals surface area contributed by atoms with Gasteiger partial charge in [0.2, 0.25) is 0 Å². The van der Waals surface area contributed by atoms with Gasteiger partial charge in [0.1, 0.15) is 18.1 Å². The average Bonchev–Trinajstić information content (AvgIpc) is 3.17. The molecule has 0 saturated heterocycles. The number of aryl methyl sites for hydroxylation is 2. The monoisotopic (exact) mass is 344 g/mol. The summed E-state index contributed by atoms with van der Waals surface area (Å²) in [5, 5.41) is 16.6. The van der Waals surface area contributed by atoms with Gasteiger partial charge in [-0.2, -0.15) is 0 Å². The Balaban J connectivity index is 1.52. The van der Waals surface area contributed by atoms with Crippen LogP contribution in [-0.4, -0.2) is 28.8 Å². The van der Waals surface area contributed by atoms with E-state index in [0.29, 0.717) is 24.5 Å². The van der Waals surface area contributed by atoms with E-state index < -0.39 is 0 Å². The van der Waals surface area contributed by atoms with E-state index in [1.165, 1.54) is 0 Å². The highest BCUT2D eigenvalue weighted by atomic mass is 16.5. The Hall–Kier alpha value is -2.34. The Bertz CT molecular complexity index is 704. The predicted octanol–water partition coefficient (Wildman–Crippen LogP) is 2.76. The molecule has 2 aromatic rings. The van der Waals surface area contributed by atoms with Gasteiger partial charge in [-0.05, 0) is 51.0 Å². The third kappa shape index (κ3) is 4.20. The van der Waals surface area contributed by atoms with Gasteiger partial charge in [-0.1, -0.05) is 11.6 Å². The number of aromatic nitrogens is 1. The molecule has 6 heteroatoms.